The van der Waals surface area contributed by atoms with Crippen LogP contribution in [0.2, 0.25) is 0 Å². The molecule has 5 nitrogen and oxygen atoms in total. The second-order valence-electron chi connectivity index (χ2n) is 3.99. The third-order valence-electron chi connectivity index (χ3n) is 2.51. The van der Waals surface area contributed by atoms with Crippen LogP contribution in [0.5, 0.6) is 0 Å². The van der Waals surface area contributed by atoms with Gasteiger partial charge in [-0.3, -0.25) is 10.0 Å². The predicted octanol–water partition coefficient (Wildman–Crippen LogP) is 3.20. The highest BCUT2D eigenvalue weighted by atomic mass is 16.5. The Hall–Kier alpha value is -2.53. The van der Waals surface area contributed by atoms with Gasteiger partial charge in [0, 0.05) is 11.8 Å². The summed E-state index contributed by atoms with van der Waals surface area (Å²) in [6.07, 6.45) is 7.84. The number of carbonyl (C=O) groups excluding carboxylic acids is 1. The maximum atomic E-state index is 11.7. The molecule has 1 heterocycles. The van der Waals surface area contributed by atoms with E-state index < -0.39 is 5.91 Å². The average molecular weight is 255 g/mol. The van der Waals surface area contributed by atoms with Crippen LogP contribution in [0.1, 0.15) is 15.9 Å². The molecule has 5 heteroatoms. The molecular formula is C14H13N3O2. The first-order chi connectivity index (χ1) is 9.16. The summed E-state index contributed by atoms with van der Waals surface area (Å²) in [7, 11) is 0. The zero-order chi connectivity index (χ0) is 13.7. The molecule has 0 unspecified atom stereocenters. The van der Waals surface area contributed by atoms with Gasteiger partial charge in [0.05, 0.1) is 11.9 Å². The highest BCUT2D eigenvalue weighted by molar-refractivity contribution is 5.94. The molecule has 1 aromatic carbocycles. The fraction of sp³-hybridized carbons (Fsp3) is 0.0714. The first-order valence-electron chi connectivity index (χ1n) is 5.72. The molecule has 0 atom stereocenters. The fourth-order valence-electron chi connectivity index (χ4n) is 1.44. The van der Waals surface area contributed by atoms with E-state index in [9.17, 15) is 10.0 Å². The lowest BCUT2D eigenvalue weighted by molar-refractivity contribution is -0.000530. The van der Waals surface area contributed by atoms with Gasteiger partial charge in [-0.25, -0.2) is 5.06 Å². The molecule has 0 saturated heterocycles. The van der Waals surface area contributed by atoms with Crippen LogP contribution >= 0.6 is 0 Å². The SMILES string of the molecule is Cc1ccc(C(=O)N=NC=C2C=CC=CN2O)cc1. The van der Waals surface area contributed by atoms with Crippen LogP contribution in [-0.2, 0) is 0 Å². The molecule has 1 amide bonds. The number of azo groups is 1. The van der Waals surface area contributed by atoms with E-state index in [0.29, 0.717) is 11.3 Å². The average Bonchev–Trinajstić information content (AvgIpc) is 2.41. The summed E-state index contributed by atoms with van der Waals surface area (Å²) in [5, 5.41) is 17.6. The lowest BCUT2D eigenvalue weighted by Crippen LogP contribution is -2.10. The summed E-state index contributed by atoms with van der Waals surface area (Å²) in [6, 6.07) is 7.08. The number of hydrogen-bond donors (Lipinski definition) is 1. The maximum absolute atomic E-state index is 11.7. The standard InChI is InChI=1S/C14H13N3O2/c1-11-5-7-12(8-6-11)14(18)16-15-10-13-4-2-3-9-17(13)19/h2-10,19H,1H3. The molecule has 1 N–H and O–H groups in total. The number of carbonyl (C=O) groups is 1. The van der Waals surface area contributed by atoms with Crippen LogP contribution in [-0.4, -0.2) is 16.2 Å². The van der Waals surface area contributed by atoms with E-state index in [2.05, 4.69) is 10.2 Å². The van der Waals surface area contributed by atoms with Gasteiger partial charge in [0.15, 0.2) is 0 Å². The number of hydroxylamine groups is 2. The van der Waals surface area contributed by atoms with Gasteiger partial charge in [0.2, 0.25) is 0 Å². The van der Waals surface area contributed by atoms with Crippen molar-refractivity contribution in [1.82, 2.24) is 5.06 Å². The van der Waals surface area contributed by atoms with Crippen LogP contribution in [0.25, 0.3) is 0 Å². The van der Waals surface area contributed by atoms with Gasteiger partial charge in [-0.05, 0) is 31.2 Å². The number of aryl methyl sites for hydroxylation is 1. The molecule has 1 aliphatic heterocycles. The smallest absolute Gasteiger partial charge is 0.284 e. The fourth-order valence-corrected chi connectivity index (χ4v) is 1.44. The zero-order valence-corrected chi connectivity index (χ0v) is 10.4. The molecule has 0 radical (unpaired) electrons. The highest BCUT2D eigenvalue weighted by Crippen LogP contribution is 2.10. The summed E-state index contributed by atoms with van der Waals surface area (Å²) in [6.45, 7) is 1.94. The Bertz CT molecular complexity index is 583. The lowest BCUT2D eigenvalue weighted by Gasteiger charge is -2.13. The maximum Gasteiger partial charge on any atom is 0.295 e. The van der Waals surface area contributed by atoms with Gasteiger partial charge in [-0.1, -0.05) is 23.8 Å². The minimum Gasteiger partial charge on any atom is -0.284 e. The second kappa shape index (κ2) is 5.88. The van der Waals surface area contributed by atoms with E-state index in [-0.39, 0.29) is 0 Å². The van der Waals surface area contributed by atoms with E-state index in [0.717, 1.165) is 10.6 Å². The van der Waals surface area contributed by atoms with Gasteiger partial charge in [0.1, 0.15) is 0 Å². The van der Waals surface area contributed by atoms with E-state index in [1.54, 1.807) is 30.4 Å². The van der Waals surface area contributed by atoms with E-state index in [1.165, 1.54) is 12.4 Å². The monoisotopic (exact) mass is 255 g/mol. The number of amides is 1. The lowest BCUT2D eigenvalue weighted by atomic mass is 10.1. The normalized spacial score (nSPS) is 16.5. The predicted molar refractivity (Wildman–Crippen MR) is 70.4 cm³/mol. The van der Waals surface area contributed by atoms with Gasteiger partial charge < -0.3 is 0 Å². The number of rotatable bonds is 2. The van der Waals surface area contributed by atoms with E-state index in [4.69, 9.17) is 0 Å². The number of hydrogen-bond acceptors (Lipinski definition) is 4. The molecule has 1 aliphatic rings. The summed E-state index contributed by atoms with van der Waals surface area (Å²) in [4.78, 5) is 11.7. The molecular weight excluding hydrogens is 242 g/mol. The minimum absolute atomic E-state index is 0.420. The Morgan fingerprint density at radius 3 is 2.68 bits per heavy atom. The summed E-state index contributed by atoms with van der Waals surface area (Å²) < 4.78 is 0. The molecule has 0 spiro atoms. The number of benzene rings is 1. The molecule has 2 rings (SSSR count). The van der Waals surface area contributed by atoms with E-state index in [1.807, 2.05) is 19.1 Å². The van der Waals surface area contributed by atoms with Crippen LogP contribution in [0.3, 0.4) is 0 Å². The van der Waals surface area contributed by atoms with Crippen molar-refractivity contribution in [2.45, 2.75) is 6.92 Å². The van der Waals surface area contributed by atoms with Gasteiger partial charge in [-0.2, -0.15) is 5.11 Å². The Morgan fingerprint density at radius 1 is 1.26 bits per heavy atom. The molecule has 0 bridgehead atoms. The molecule has 0 aromatic heterocycles. The molecule has 1 aromatic rings. The van der Waals surface area contributed by atoms with Crippen LogP contribution in [0.4, 0.5) is 0 Å². The highest BCUT2D eigenvalue weighted by Gasteiger charge is 2.04. The van der Waals surface area contributed by atoms with Crippen molar-refractivity contribution in [2.24, 2.45) is 10.2 Å². The quantitative estimate of drug-likeness (QED) is 0.825. The Kier molecular flexibility index (Phi) is 4.00. The number of allylic oxidation sites excluding steroid dienone is 3. The van der Waals surface area contributed by atoms with Crippen LogP contribution in [0, 0.1) is 6.92 Å². The van der Waals surface area contributed by atoms with Crippen molar-refractivity contribution in [1.29, 1.82) is 0 Å². The van der Waals surface area contributed by atoms with Crippen molar-refractivity contribution < 1.29 is 10.0 Å². The van der Waals surface area contributed by atoms with Crippen molar-refractivity contribution in [2.75, 3.05) is 0 Å². The summed E-state index contributed by atoms with van der Waals surface area (Å²) >= 11 is 0. The third-order valence-corrected chi connectivity index (χ3v) is 2.51. The van der Waals surface area contributed by atoms with Gasteiger partial charge >= 0.3 is 0 Å². The van der Waals surface area contributed by atoms with Crippen molar-refractivity contribution >= 4 is 5.91 Å². The Balaban J connectivity index is 2.05. The van der Waals surface area contributed by atoms with Crippen LogP contribution in [0.15, 0.2) is 70.8 Å². The Morgan fingerprint density at radius 2 is 2.00 bits per heavy atom. The molecule has 0 aliphatic carbocycles. The first-order valence-corrected chi connectivity index (χ1v) is 5.72. The van der Waals surface area contributed by atoms with Crippen molar-refractivity contribution in [3.05, 3.63) is 71.7 Å². The van der Waals surface area contributed by atoms with Crippen molar-refractivity contribution in [3.8, 4) is 0 Å². The van der Waals surface area contributed by atoms with Crippen molar-refractivity contribution in [3.63, 3.8) is 0 Å². The van der Waals surface area contributed by atoms with E-state index >= 15 is 0 Å². The van der Waals surface area contributed by atoms with Crippen LogP contribution < -0.4 is 0 Å². The number of nitrogens with zero attached hydrogens (tertiary/aromatic N) is 3. The van der Waals surface area contributed by atoms with Gasteiger partial charge in [-0.15, -0.1) is 5.11 Å². The third kappa shape index (κ3) is 3.46. The Labute approximate surface area is 110 Å². The topological polar surface area (TPSA) is 65.3 Å². The first kappa shape index (κ1) is 12.9. The van der Waals surface area contributed by atoms with Gasteiger partial charge in [0.25, 0.3) is 5.91 Å². The minimum atomic E-state index is -0.420. The molecule has 0 saturated carbocycles. The second-order valence-corrected chi connectivity index (χ2v) is 3.99. The molecule has 0 fully saturated rings. The molecule has 19 heavy (non-hydrogen) atoms. The summed E-state index contributed by atoms with van der Waals surface area (Å²) in [5.41, 5.74) is 1.99. The summed E-state index contributed by atoms with van der Waals surface area (Å²) in [5.74, 6) is -0.420. The largest absolute Gasteiger partial charge is 0.295 e. The zero-order valence-electron chi connectivity index (χ0n) is 10.4. The molecule has 96 valence electrons.